The summed E-state index contributed by atoms with van der Waals surface area (Å²) in [6, 6.07) is 11.5. The fourth-order valence-corrected chi connectivity index (χ4v) is 1.99. The Labute approximate surface area is 102 Å². The zero-order chi connectivity index (χ0) is 11.9. The maximum Gasteiger partial charge on any atom is 0.217 e. The van der Waals surface area contributed by atoms with Gasteiger partial charge < -0.3 is 4.42 Å². The molecule has 4 rings (SSSR count). The first-order valence-electron chi connectivity index (χ1n) is 5.56. The minimum absolute atomic E-state index is 0.568. The molecule has 0 amide bonds. The molecule has 3 aromatic heterocycles. The summed E-state index contributed by atoms with van der Waals surface area (Å²) in [5, 5.41) is 5.33. The van der Waals surface area contributed by atoms with Crippen LogP contribution in [0.2, 0.25) is 0 Å². The van der Waals surface area contributed by atoms with Crippen molar-refractivity contribution in [2.75, 3.05) is 0 Å². The third-order valence-electron chi connectivity index (χ3n) is 2.82. The van der Waals surface area contributed by atoms with Crippen molar-refractivity contribution in [2.45, 2.75) is 0 Å². The Balaban J connectivity index is 2.08. The van der Waals surface area contributed by atoms with Crippen LogP contribution in [0.4, 0.5) is 0 Å². The molecule has 0 N–H and O–H groups in total. The fraction of sp³-hybridized carbons (Fsp3) is 0. The highest BCUT2D eigenvalue weighted by Gasteiger charge is 2.11. The fourth-order valence-electron chi connectivity index (χ4n) is 1.99. The van der Waals surface area contributed by atoms with Gasteiger partial charge in [-0.15, -0.1) is 5.10 Å². The number of aromatic nitrogens is 4. The Morgan fingerprint density at radius 3 is 2.89 bits per heavy atom. The summed E-state index contributed by atoms with van der Waals surface area (Å²) < 4.78 is 6.97. The number of para-hydroxylation sites is 1. The molecule has 0 saturated heterocycles. The van der Waals surface area contributed by atoms with Gasteiger partial charge in [0.05, 0.1) is 11.8 Å². The predicted octanol–water partition coefficient (Wildman–Crippen LogP) is 2.54. The zero-order valence-corrected chi connectivity index (χ0v) is 9.32. The van der Waals surface area contributed by atoms with Crippen LogP contribution in [0.25, 0.3) is 28.1 Å². The van der Waals surface area contributed by atoms with E-state index in [1.54, 1.807) is 17.1 Å². The van der Waals surface area contributed by atoms with E-state index in [4.69, 9.17) is 4.42 Å². The Morgan fingerprint density at radius 1 is 1.06 bits per heavy atom. The maximum absolute atomic E-state index is 5.30. The molecule has 0 atom stereocenters. The third-order valence-corrected chi connectivity index (χ3v) is 2.82. The SMILES string of the molecule is c1coc(-c2nc3c4ccccc4ncn3n2)c1. The highest BCUT2D eigenvalue weighted by Crippen LogP contribution is 2.20. The van der Waals surface area contributed by atoms with E-state index in [2.05, 4.69) is 15.1 Å². The van der Waals surface area contributed by atoms with Crippen LogP contribution < -0.4 is 0 Å². The smallest absolute Gasteiger partial charge is 0.217 e. The van der Waals surface area contributed by atoms with Gasteiger partial charge in [-0.1, -0.05) is 12.1 Å². The maximum atomic E-state index is 5.30. The molecule has 0 fully saturated rings. The Bertz CT molecular complexity index is 833. The molecule has 5 nitrogen and oxygen atoms in total. The topological polar surface area (TPSA) is 56.2 Å². The van der Waals surface area contributed by atoms with Gasteiger partial charge >= 0.3 is 0 Å². The molecule has 0 saturated carbocycles. The number of nitrogens with zero attached hydrogens (tertiary/aromatic N) is 4. The molecule has 0 aliphatic heterocycles. The summed E-state index contributed by atoms with van der Waals surface area (Å²) in [4.78, 5) is 8.84. The molecule has 0 spiro atoms. The zero-order valence-electron chi connectivity index (χ0n) is 9.32. The van der Waals surface area contributed by atoms with Crippen molar-refractivity contribution in [1.29, 1.82) is 0 Å². The molecule has 0 aliphatic carbocycles. The monoisotopic (exact) mass is 236 g/mol. The van der Waals surface area contributed by atoms with Gasteiger partial charge in [0.15, 0.2) is 11.4 Å². The van der Waals surface area contributed by atoms with Crippen LogP contribution in [0.15, 0.2) is 53.4 Å². The lowest BCUT2D eigenvalue weighted by atomic mass is 10.2. The summed E-state index contributed by atoms with van der Waals surface area (Å²) in [6.07, 6.45) is 3.27. The molecule has 86 valence electrons. The Morgan fingerprint density at radius 2 is 2.00 bits per heavy atom. The van der Waals surface area contributed by atoms with E-state index in [1.807, 2.05) is 36.4 Å². The van der Waals surface area contributed by atoms with E-state index in [0.717, 1.165) is 16.6 Å². The predicted molar refractivity (Wildman–Crippen MR) is 66.0 cm³/mol. The van der Waals surface area contributed by atoms with Gasteiger partial charge in [0.1, 0.15) is 6.33 Å². The second kappa shape index (κ2) is 3.40. The third kappa shape index (κ3) is 1.24. The number of benzene rings is 1. The van der Waals surface area contributed by atoms with Crippen LogP contribution in [0.3, 0.4) is 0 Å². The minimum atomic E-state index is 0.568. The van der Waals surface area contributed by atoms with Crippen molar-refractivity contribution in [2.24, 2.45) is 0 Å². The average Bonchev–Trinajstić information content (AvgIpc) is 3.07. The lowest BCUT2D eigenvalue weighted by molar-refractivity contribution is 0.577. The molecular weight excluding hydrogens is 228 g/mol. The van der Waals surface area contributed by atoms with E-state index in [1.165, 1.54) is 0 Å². The first-order valence-corrected chi connectivity index (χ1v) is 5.56. The van der Waals surface area contributed by atoms with Crippen LogP contribution in [0, 0.1) is 0 Å². The van der Waals surface area contributed by atoms with Crippen molar-refractivity contribution in [1.82, 2.24) is 19.6 Å². The van der Waals surface area contributed by atoms with Gasteiger partial charge in [-0.05, 0) is 24.3 Å². The van der Waals surface area contributed by atoms with Crippen LogP contribution in [0.5, 0.6) is 0 Å². The Kier molecular flexibility index (Phi) is 1.77. The van der Waals surface area contributed by atoms with Gasteiger partial charge in [0.2, 0.25) is 5.82 Å². The van der Waals surface area contributed by atoms with Gasteiger partial charge in [-0.3, -0.25) is 0 Å². The van der Waals surface area contributed by atoms with E-state index in [9.17, 15) is 0 Å². The van der Waals surface area contributed by atoms with E-state index in [0.29, 0.717) is 11.6 Å². The summed E-state index contributed by atoms with van der Waals surface area (Å²) in [5.41, 5.74) is 1.69. The quantitative estimate of drug-likeness (QED) is 0.509. The van der Waals surface area contributed by atoms with E-state index < -0.39 is 0 Å². The van der Waals surface area contributed by atoms with Crippen molar-refractivity contribution in [3.63, 3.8) is 0 Å². The second-order valence-corrected chi connectivity index (χ2v) is 3.94. The molecule has 0 radical (unpaired) electrons. The molecule has 3 heterocycles. The molecule has 1 aromatic carbocycles. The van der Waals surface area contributed by atoms with E-state index in [-0.39, 0.29) is 0 Å². The van der Waals surface area contributed by atoms with E-state index >= 15 is 0 Å². The van der Waals surface area contributed by atoms with Crippen molar-refractivity contribution < 1.29 is 4.42 Å². The number of furan rings is 1. The summed E-state index contributed by atoms with van der Waals surface area (Å²) >= 11 is 0. The largest absolute Gasteiger partial charge is 0.461 e. The minimum Gasteiger partial charge on any atom is -0.461 e. The Hall–Kier alpha value is -2.69. The molecule has 0 bridgehead atoms. The summed E-state index contributed by atoms with van der Waals surface area (Å²) in [7, 11) is 0. The number of fused-ring (bicyclic) bond motifs is 3. The average molecular weight is 236 g/mol. The summed E-state index contributed by atoms with van der Waals surface area (Å²) in [6.45, 7) is 0. The molecular formula is C13H8N4O. The lowest BCUT2D eigenvalue weighted by Crippen LogP contribution is -1.90. The first-order chi connectivity index (χ1) is 8.92. The lowest BCUT2D eigenvalue weighted by Gasteiger charge is -1.96. The van der Waals surface area contributed by atoms with Crippen molar-refractivity contribution >= 4 is 16.6 Å². The van der Waals surface area contributed by atoms with Gasteiger partial charge in [0.25, 0.3) is 0 Å². The highest BCUT2D eigenvalue weighted by atomic mass is 16.3. The standard InChI is InChI=1S/C13H8N4O/c1-2-5-10-9(4-1)13-15-12(11-6-3-7-18-11)16-17(13)8-14-10/h1-8H. The summed E-state index contributed by atoms with van der Waals surface area (Å²) in [5.74, 6) is 1.22. The molecule has 0 unspecified atom stereocenters. The van der Waals surface area contributed by atoms with Gasteiger partial charge in [0, 0.05) is 5.39 Å². The first kappa shape index (κ1) is 9.35. The molecule has 5 heteroatoms. The van der Waals surface area contributed by atoms with Crippen molar-refractivity contribution in [3.05, 3.63) is 49.0 Å². The van der Waals surface area contributed by atoms with Crippen LogP contribution >= 0.6 is 0 Å². The normalized spacial score (nSPS) is 11.3. The van der Waals surface area contributed by atoms with Crippen LogP contribution in [-0.2, 0) is 0 Å². The van der Waals surface area contributed by atoms with Crippen LogP contribution in [-0.4, -0.2) is 19.6 Å². The molecule has 18 heavy (non-hydrogen) atoms. The molecule has 4 aromatic rings. The van der Waals surface area contributed by atoms with Gasteiger partial charge in [-0.2, -0.15) is 0 Å². The number of hydrogen-bond donors (Lipinski definition) is 0. The number of hydrogen-bond acceptors (Lipinski definition) is 4. The van der Waals surface area contributed by atoms with Crippen molar-refractivity contribution in [3.8, 4) is 11.6 Å². The van der Waals surface area contributed by atoms with Crippen LogP contribution in [0.1, 0.15) is 0 Å². The number of rotatable bonds is 1. The second-order valence-electron chi connectivity index (χ2n) is 3.94. The highest BCUT2D eigenvalue weighted by molar-refractivity contribution is 5.91. The molecule has 0 aliphatic rings. The van der Waals surface area contributed by atoms with Gasteiger partial charge in [-0.25, -0.2) is 14.5 Å².